The Morgan fingerprint density at radius 3 is 2.86 bits per heavy atom. The van der Waals surface area contributed by atoms with E-state index in [2.05, 4.69) is 31.5 Å². The van der Waals surface area contributed by atoms with Crippen LogP contribution in [-0.2, 0) is 26.4 Å². The fraction of sp³-hybridized carbons (Fsp3) is 0.562. The van der Waals surface area contributed by atoms with Crippen molar-refractivity contribution in [1.29, 1.82) is 0 Å². The summed E-state index contributed by atoms with van der Waals surface area (Å²) in [6.07, 6.45) is 10.3. The van der Waals surface area contributed by atoms with E-state index in [1.807, 2.05) is 17.9 Å². The van der Waals surface area contributed by atoms with Crippen LogP contribution in [0.2, 0.25) is 0 Å². The largest absolute Gasteiger partial charge is 0.367 e. The Morgan fingerprint density at radius 2 is 2.09 bits per heavy atom. The number of anilines is 1. The van der Waals surface area contributed by atoms with E-state index in [9.17, 15) is 0 Å². The third-order valence-electron chi connectivity index (χ3n) is 4.46. The number of hydrogen-bond acceptors (Lipinski definition) is 5. The zero-order valence-electron chi connectivity index (χ0n) is 13.0. The highest BCUT2D eigenvalue weighted by Crippen LogP contribution is 2.27. The Labute approximate surface area is 130 Å². The Morgan fingerprint density at radius 1 is 1.23 bits per heavy atom. The van der Waals surface area contributed by atoms with Gasteiger partial charge >= 0.3 is 0 Å². The lowest BCUT2D eigenvalue weighted by molar-refractivity contribution is 0.279. The normalized spacial score (nSPS) is 18.8. The number of fused-ring (bicyclic) bond motifs is 1. The van der Waals surface area contributed by atoms with E-state index in [1.165, 1.54) is 29.7 Å². The first-order valence-electron chi connectivity index (χ1n) is 8.07. The summed E-state index contributed by atoms with van der Waals surface area (Å²) in [4.78, 5) is 11.5. The van der Waals surface area contributed by atoms with Gasteiger partial charge in [0, 0.05) is 56.5 Å². The van der Waals surface area contributed by atoms with Crippen molar-refractivity contribution in [2.75, 3.05) is 18.4 Å². The molecule has 0 aromatic carbocycles. The molecule has 116 valence electrons. The smallest absolute Gasteiger partial charge is 0.133 e. The summed E-state index contributed by atoms with van der Waals surface area (Å²) < 4.78 is 1.87. The van der Waals surface area contributed by atoms with Crippen LogP contribution in [0.4, 0.5) is 5.82 Å². The van der Waals surface area contributed by atoms with E-state index in [1.54, 1.807) is 6.33 Å². The summed E-state index contributed by atoms with van der Waals surface area (Å²) in [5.41, 5.74) is 3.81. The molecule has 2 aromatic heterocycles. The molecule has 0 atom stereocenters. The van der Waals surface area contributed by atoms with E-state index >= 15 is 0 Å². The summed E-state index contributed by atoms with van der Waals surface area (Å²) >= 11 is 0. The molecule has 0 spiro atoms. The monoisotopic (exact) mass is 298 g/mol. The summed E-state index contributed by atoms with van der Waals surface area (Å²) in [6, 6.07) is 0.633. The second kappa shape index (κ2) is 5.68. The quantitative estimate of drug-likeness (QED) is 0.924. The molecular weight excluding hydrogens is 276 g/mol. The molecule has 1 N–H and O–H groups in total. The van der Waals surface area contributed by atoms with Crippen LogP contribution in [0.5, 0.6) is 0 Å². The van der Waals surface area contributed by atoms with Crippen LogP contribution in [0.1, 0.15) is 29.7 Å². The predicted molar refractivity (Wildman–Crippen MR) is 84.6 cm³/mol. The molecular formula is C16H22N6. The molecule has 0 unspecified atom stereocenters. The first-order valence-corrected chi connectivity index (χ1v) is 8.07. The van der Waals surface area contributed by atoms with Crippen LogP contribution in [0, 0.1) is 0 Å². The van der Waals surface area contributed by atoms with Gasteiger partial charge in [-0.05, 0) is 19.3 Å². The highest BCUT2D eigenvalue weighted by molar-refractivity contribution is 5.48. The molecule has 1 aliphatic carbocycles. The number of aromatic nitrogens is 4. The molecule has 22 heavy (non-hydrogen) atoms. The molecule has 3 heterocycles. The van der Waals surface area contributed by atoms with E-state index in [0.29, 0.717) is 6.04 Å². The maximum atomic E-state index is 4.52. The van der Waals surface area contributed by atoms with Crippen molar-refractivity contribution in [2.24, 2.45) is 7.05 Å². The number of hydrogen-bond donors (Lipinski definition) is 1. The first kappa shape index (κ1) is 13.7. The van der Waals surface area contributed by atoms with E-state index in [0.717, 1.165) is 38.3 Å². The molecule has 2 aliphatic rings. The summed E-state index contributed by atoms with van der Waals surface area (Å²) in [5, 5.41) is 7.81. The number of nitrogens with one attached hydrogen (secondary N) is 1. The average Bonchev–Trinajstić information content (AvgIpc) is 3.26. The van der Waals surface area contributed by atoms with E-state index < -0.39 is 0 Å². The van der Waals surface area contributed by atoms with Gasteiger partial charge in [0.25, 0.3) is 0 Å². The highest BCUT2D eigenvalue weighted by Gasteiger charge is 2.25. The van der Waals surface area contributed by atoms with Crippen LogP contribution in [0.3, 0.4) is 0 Å². The Kier molecular flexibility index (Phi) is 3.54. The molecule has 1 aliphatic heterocycles. The van der Waals surface area contributed by atoms with Crippen LogP contribution in [0.25, 0.3) is 0 Å². The first-order chi connectivity index (χ1) is 10.8. The third kappa shape index (κ3) is 2.97. The van der Waals surface area contributed by atoms with Gasteiger partial charge in [0.1, 0.15) is 12.1 Å². The fourth-order valence-corrected chi connectivity index (χ4v) is 3.09. The summed E-state index contributed by atoms with van der Waals surface area (Å²) in [5.74, 6) is 1.07. The fourth-order valence-electron chi connectivity index (χ4n) is 3.09. The maximum Gasteiger partial charge on any atom is 0.133 e. The average molecular weight is 298 g/mol. The Bertz CT molecular complexity index is 660. The number of aryl methyl sites for hydroxylation is 1. The van der Waals surface area contributed by atoms with Crippen molar-refractivity contribution in [3.63, 3.8) is 0 Å². The van der Waals surface area contributed by atoms with Crippen LogP contribution in [-0.4, -0.2) is 43.8 Å². The zero-order valence-corrected chi connectivity index (χ0v) is 13.0. The van der Waals surface area contributed by atoms with Crippen LogP contribution < -0.4 is 5.32 Å². The lowest BCUT2D eigenvalue weighted by Crippen LogP contribution is -2.25. The lowest BCUT2D eigenvalue weighted by Gasteiger charge is -2.18. The SMILES string of the molecule is Cn1cc(CN2CCc3ncnc(NC4CC4)c3CC2)cn1. The van der Waals surface area contributed by atoms with Gasteiger partial charge in [-0.1, -0.05) is 0 Å². The molecule has 0 saturated heterocycles. The zero-order chi connectivity index (χ0) is 14.9. The Balaban J connectivity index is 1.47. The van der Waals surface area contributed by atoms with Crippen molar-refractivity contribution < 1.29 is 0 Å². The molecule has 0 amide bonds. The van der Waals surface area contributed by atoms with Gasteiger partial charge in [-0.2, -0.15) is 5.10 Å². The molecule has 1 fully saturated rings. The highest BCUT2D eigenvalue weighted by atomic mass is 15.2. The second-order valence-corrected chi connectivity index (χ2v) is 6.36. The molecule has 1 saturated carbocycles. The second-order valence-electron chi connectivity index (χ2n) is 6.36. The minimum Gasteiger partial charge on any atom is -0.367 e. The maximum absolute atomic E-state index is 4.52. The standard InChI is InChI=1S/C16H22N6/c1-21-9-12(8-19-21)10-22-6-4-14-15(5-7-22)17-11-18-16(14)20-13-2-3-13/h8-9,11,13H,2-7,10H2,1H3,(H,17,18,20). The molecule has 6 nitrogen and oxygen atoms in total. The molecule has 4 rings (SSSR count). The van der Waals surface area contributed by atoms with Crippen molar-refractivity contribution in [3.8, 4) is 0 Å². The van der Waals surface area contributed by atoms with Crippen LogP contribution >= 0.6 is 0 Å². The van der Waals surface area contributed by atoms with Gasteiger partial charge in [0.15, 0.2) is 0 Å². The number of rotatable bonds is 4. The Hall–Kier alpha value is -1.95. The van der Waals surface area contributed by atoms with Crippen molar-refractivity contribution in [1.82, 2.24) is 24.6 Å². The van der Waals surface area contributed by atoms with Crippen molar-refractivity contribution in [2.45, 2.75) is 38.3 Å². The third-order valence-corrected chi connectivity index (χ3v) is 4.46. The van der Waals surface area contributed by atoms with Gasteiger partial charge < -0.3 is 5.32 Å². The van der Waals surface area contributed by atoms with Crippen LogP contribution in [0.15, 0.2) is 18.7 Å². The minimum atomic E-state index is 0.633. The van der Waals surface area contributed by atoms with Gasteiger partial charge in [0.05, 0.1) is 11.9 Å². The van der Waals surface area contributed by atoms with Crippen molar-refractivity contribution >= 4 is 5.82 Å². The van der Waals surface area contributed by atoms with E-state index in [-0.39, 0.29) is 0 Å². The minimum absolute atomic E-state index is 0.633. The summed E-state index contributed by atoms with van der Waals surface area (Å²) in [7, 11) is 1.97. The van der Waals surface area contributed by atoms with Crippen molar-refractivity contribution in [3.05, 3.63) is 35.5 Å². The number of nitrogens with zero attached hydrogens (tertiary/aromatic N) is 5. The lowest BCUT2D eigenvalue weighted by atomic mass is 10.1. The van der Waals surface area contributed by atoms with Gasteiger partial charge in [0.2, 0.25) is 0 Å². The molecule has 2 aromatic rings. The molecule has 6 heteroatoms. The van der Waals surface area contributed by atoms with Gasteiger partial charge in [-0.3, -0.25) is 9.58 Å². The molecule has 0 radical (unpaired) electrons. The van der Waals surface area contributed by atoms with Gasteiger partial charge in [-0.25, -0.2) is 9.97 Å². The topological polar surface area (TPSA) is 58.9 Å². The molecule has 0 bridgehead atoms. The van der Waals surface area contributed by atoms with Gasteiger partial charge in [-0.15, -0.1) is 0 Å². The van der Waals surface area contributed by atoms with E-state index in [4.69, 9.17) is 0 Å². The predicted octanol–water partition coefficient (Wildman–Crippen LogP) is 1.39. The summed E-state index contributed by atoms with van der Waals surface area (Å²) in [6.45, 7) is 3.05.